The lowest BCUT2D eigenvalue weighted by molar-refractivity contribution is -0.147. The van der Waals surface area contributed by atoms with E-state index in [4.69, 9.17) is 9.47 Å². The van der Waals surface area contributed by atoms with Gasteiger partial charge in [-0.3, -0.25) is 4.79 Å². The number of aliphatic carboxylic acids is 1. The van der Waals surface area contributed by atoms with Gasteiger partial charge in [-0.15, -0.1) is 11.8 Å². The lowest BCUT2D eigenvalue weighted by Crippen LogP contribution is -2.55. The molecular weight excluding hydrogens is 306 g/mol. The van der Waals surface area contributed by atoms with Gasteiger partial charge in [0.2, 0.25) is 5.91 Å². The van der Waals surface area contributed by atoms with Crippen LogP contribution in [0.1, 0.15) is 12.8 Å². The molecule has 0 aromatic heterocycles. The molecule has 1 amide bonds. The second-order valence-electron chi connectivity index (χ2n) is 5.01. The van der Waals surface area contributed by atoms with Gasteiger partial charge in [-0.25, -0.2) is 4.79 Å². The fourth-order valence-corrected chi connectivity index (χ4v) is 3.00. The van der Waals surface area contributed by atoms with Crippen LogP contribution in [0, 0.1) is 0 Å². The van der Waals surface area contributed by atoms with E-state index in [-0.39, 0.29) is 18.9 Å². The van der Waals surface area contributed by atoms with Gasteiger partial charge in [0, 0.05) is 30.1 Å². The smallest absolute Gasteiger partial charge is 0.331 e. The lowest BCUT2D eigenvalue weighted by Gasteiger charge is -2.23. The maximum atomic E-state index is 11.9. The number of hydrogen-bond acceptors (Lipinski definition) is 5. The average Bonchev–Trinajstić information content (AvgIpc) is 2.98. The summed E-state index contributed by atoms with van der Waals surface area (Å²) in [5.41, 5.74) is -1.26. The predicted molar refractivity (Wildman–Crippen MR) is 82.3 cm³/mol. The number of methoxy groups -OCH3 is 1. The summed E-state index contributed by atoms with van der Waals surface area (Å²) in [6.07, 6.45) is 0.561. The Labute approximate surface area is 133 Å². The number of ether oxygens (including phenoxy) is 2. The number of carboxylic acid groups (broad SMARTS) is 1. The summed E-state index contributed by atoms with van der Waals surface area (Å²) < 4.78 is 10.2. The molecule has 2 N–H and O–H groups in total. The zero-order chi connectivity index (χ0) is 16.0. The van der Waals surface area contributed by atoms with E-state index in [2.05, 4.69) is 5.32 Å². The number of carbonyl (C=O) groups excluding carboxylic acids is 1. The quantitative estimate of drug-likeness (QED) is 0.740. The highest BCUT2D eigenvalue weighted by Crippen LogP contribution is 2.23. The molecule has 1 unspecified atom stereocenters. The van der Waals surface area contributed by atoms with E-state index in [1.165, 1.54) is 11.8 Å². The third kappa shape index (κ3) is 4.14. The van der Waals surface area contributed by atoms with Crippen LogP contribution in [-0.4, -0.2) is 48.6 Å². The van der Waals surface area contributed by atoms with Crippen molar-refractivity contribution in [2.24, 2.45) is 0 Å². The number of benzene rings is 1. The Morgan fingerprint density at radius 1 is 1.41 bits per heavy atom. The van der Waals surface area contributed by atoms with Crippen LogP contribution in [0.15, 0.2) is 29.2 Å². The fourth-order valence-electron chi connectivity index (χ4n) is 2.15. The Morgan fingerprint density at radius 2 is 2.14 bits per heavy atom. The Kier molecular flexibility index (Phi) is 5.68. The summed E-state index contributed by atoms with van der Waals surface area (Å²) >= 11 is 1.54. The first-order valence-corrected chi connectivity index (χ1v) is 7.93. The average molecular weight is 325 g/mol. The van der Waals surface area contributed by atoms with Crippen molar-refractivity contribution in [3.8, 4) is 5.75 Å². The van der Waals surface area contributed by atoms with Crippen molar-refractivity contribution in [1.29, 1.82) is 0 Å². The highest BCUT2D eigenvalue weighted by atomic mass is 32.2. The summed E-state index contributed by atoms with van der Waals surface area (Å²) in [4.78, 5) is 24.3. The standard InChI is InChI=1S/C15H19NO5S/c1-20-11-2-4-12(5-3-11)22-9-6-13(17)16-15(14(18)19)7-8-21-10-15/h2-5H,6-10H2,1H3,(H,16,17)(H,18,19). The first-order valence-electron chi connectivity index (χ1n) is 6.95. The first kappa shape index (κ1) is 16.6. The molecule has 0 bridgehead atoms. The molecule has 1 heterocycles. The first-order chi connectivity index (χ1) is 10.6. The number of thioether (sulfide) groups is 1. The third-order valence-corrected chi connectivity index (χ3v) is 4.48. The molecule has 1 aromatic carbocycles. The molecular formula is C15H19NO5S. The maximum Gasteiger partial charge on any atom is 0.331 e. The van der Waals surface area contributed by atoms with Crippen molar-refractivity contribution in [2.45, 2.75) is 23.3 Å². The largest absolute Gasteiger partial charge is 0.497 e. The summed E-state index contributed by atoms with van der Waals surface area (Å²) in [6.45, 7) is 0.382. The predicted octanol–water partition coefficient (Wildman–Crippen LogP) is 1.54. The van der Waals surface area contributed by atoms with Gasteiger partial charge in [-0.2, -0.15) is 0 Å². The third-order valence-electron chi connectivity index (χ3n) is 3.47. The van der Waals surface area contributed by atoms with Crippen LogP contribution >= 0.6 is 11.8 Å². The van der Waals surface area contributed by atoms with Crippen molar-refractivity contribution in [2.75, 3.05) is 26.1 Å². The summed E-state index contributed by atoms with van der Waals surface area (Å²) in [6, 6.07) is 7.56. The van der Waals surface area contributed by atoms with Crippen LogP contribution in [0.5, 0.6) is 5.75 Å². The fraction of sp³-hybridized carbons (Fsp3) is 0.467. The van der Waals surface area contributed by atoms with Crippen LogP contribution in [0.4, 0.5) is 0 Å². The second kappa shape index (κ2) is 7.51. The van der Waals surface area contributed by atoms with E-state index < -0.39 is 11.5 Å². The number of nitrogens with one attached hydrogen (secondary N) is 1. The van der Waals surface area contributed by atoms with Crippen LogP contribution in [0.2, 0.25) is 0 Å². The molecule has 0 aliphatic carbocycles. The molecule has 1 aromatic rings. The molecule has 7 heteroatoms. The van der Waals surface area contributed by atoms with E-state index in [1.807, 2.05) is 24.3 Å². The zero-order valence-electron chi connectivity index (χ0n) is 12.3. The molecule has 0 saturated carbocycles. The molecule has 1 fully saturated rings. The molecule has 22 heavy (non-hydrogen) atoms. The van der Waals surface area contributed by atoms with Gasteiger partial charge >= 0.3 is 5.97 Å². The lowest BCUT2D eigenvalue weighted by atomic mass is 9.99. The van der Waals surface area contributed by atoms with Crippen molar-refractivity contribution in [1.82, 2.24) is 5.32 Å². The van der Waals surface area contributed by atoms with Gasteiger partial charge in [0.05, 0.1) is 13.7 Å². The van der Waals surface area contributed by atoms with E-state index in [1.54, 1.807) is 7.11 Å². The Morgan fingerprint density at radius 3 is 2.68 bits per heavy atom. The molecule has 120 valence electrons. The van der Waals surface area contributed by atoms with E-state index >= 15 is 0 Å². The Balaban J connectivity index is 1.78. The SMILES string of the molecule is COc1ccc(SCCC(=O)NC2(C(=O)O)CCOC2)cc1. The van der Waals surface area contributed by atoms with Crippen molar-refractivity contribution in [3.05, 3.63) is 24.3 Å². The molecule has 6 nitrogen and oxygen atoms in total. The minimum atomic E-state index is -1.26. The highest BCUT2D eigenvalue weighted by Gasteiger charge is 2.43. The Hall–Kier alpha value is -1.73. The molecule has 0 radical (unpaired) electrons. The molecule has 2 rings (SSSR count). The summed E-state index contributed by atoms with van der Waals surface area (Å²) in [5.74, 6) is 0.0520. The van der Waals surface area contributed by atoms with Crippen molar-refractivity contribution < 1.29 is 24.2 Å². The van der Waals surface area contributed by atoms with Crippen LogP contribution in [0.25, 0.3) is 0 Å². The molecule has 1 saturated heterocycles. The highest BCUT2D eigenvalue weighted by molar-refractivity contribution is 7.99. The minimum absolute atomic E-state index is 0.0275. The number of carboxylic acids is 1. The van der Waals surface area contributed by atoms with Crippen molar-refractivity contribution >= 4 is 23.6 Å². The van der Waals surface area contributed by atoms with E-state index in [0.717, 1.165) is 10.6 Å². The maximum absolute atomic E-state index is 11.9. The van der Waals surface area contributed by atoms with Crippen LogP contribution in [0.3, 0.4) is 0 Å². The molecule has 1 aliphatic rings. The van der Waals surface area contributed by atoms with Crippen LogP contribution < -0.4 is 10.1 Å². The van der Waals surface area contributed by atoms with Gasteiger partial charge in [0.1, 0.15) is 5.75 Å². The topological polar surface area (TPSA) is 84.9 Å². The van der Waals surface area contributed by atoms with Crippen LogP contribution in [-0.2, 0) is 14.3 Å². The van der Waals surface area contributed by atoms with Gasteiger partial charge in [0.25, 0.3) is 0 Å². The number of hydrogen-bond donors (Lipinski definition) is 2. The Bertz CT molecular complexity index is 525. The minimum Gasteiger partial charge on any atom is -0.497 e. The monoisotopic (exact) mass is 325 g/mol. The summed E-state index contributed by atoms with van der Waals surface area (Å²) in [5, 5.41) is 11.9. The number of rotatable bonds is 7. The summed E-state index contributed by atoms with van der Waals surface area (Å²) in [7, 11) is 1.61. The van der Waals surface area contributed by atoms with Gasteiger partial charge in [-0.05, 0) is 24.3 Å². The van der Waals surface area contributed by atoms with E-state index in [9.17, 15) is 14.7 Å². The number of amides is 1. The second-order valence-corrected chi connectivity index (χ2v) is 6.18. The van der Waals surface area contributed by atoms with Gasteiger partial charge in [0.15, 0.2) is 5.54 Å². The van der Waals surface area contributed by atoms with Crippen molar-refractivity contribution in [3.63, 3.8) is 0 Å². The van der Waals surface area contributed by atoms with Gasteiger partial charge < -0.3 is 19.9 Å². The molecule has 1 aliphatic heterocycles. The molecule has 0 spiro atoms. The normalized spacial score (nSPS) is 20.6. The zero-order valence-corrected chi connectivity index (χ0v) is 13.1. The van der Waals surface area contributed by atoms with E-state index in [0.29, 0.717) is 18.8 Å². The number of carbonyl (C=O) groups is 2. The molecule has 1 atom stereocenters. The van der Waals surface area contributed by atoms with Gasteiger partial charge in [-0.1, -0.05) is 0 Å².